The second kappa shape index (κ2) is 6.71. The van der Waals surface area contributed by atoms with Crippen molar-refractivity contribution < 1.29 is 4.74 Å². The highest BCUT2D eigenvalue weighted by Gasteiger charge is 2.32. The maximum absolute atomic E-state index is 5.92. The third kappa shape index (κ3) is 4.93. The molecule has 1 N–H and O–H groups in total. The number of hydrogen-bond donors (Lipinski definition) is 1. The molecule has 5 nitrogen and oxygen atoms in total. The van der Waals surface area contributed by atoms with Crippen LogP contribution in [0.5, 0.6) is 0 Å². The zero-order valence-electron chi connectivity index (χ0n) is 13.9. The summed E-state index contributed by atoms with van der Waals surface area (Å²) in [6.07, 6.45) is 4.04. The SMILES string of the molecule is CC(C)CNCc1cnc(N2CC(C)OC(C)(C)C2)nc1. The van der Waals surface area contributed by atoms with Crippen molar-refractivity contribution in [3.63, 3.8) is 0 Å². The lowest BCUT2D eigenvalue weighted by atomic mass is 10.1. The largest absolute Gasteiger partial charge is 0.369 e. The first-order valence-corrected chi connectivity index (χ1v) is 7.80. The van der Waals surface area contributed by atoms with E-state index in [4.69, 9.17) is 4.74 Å². The Morgan fingerprint density at radius 3 is 2.62 bits per heavy atom. The van der Waals surface area contributed by atoms with E-state index in [-0.39, 0.29) is 11.7 Å². The molecule has 1 atom stereocenters. The van der Waals surface area contributed by atoms with Gasteiger partial charge in [0.1, 0.15) is 0 Å². The molecule has 1 aliphatic heterocycles. The molecule has 2 heterocycles. The van der Waals surface area contributed by atoms with E-state index in [0.29, 0.717) is 5.92 Å². The van der Waals surface area contributed by atoms with Crippen LogP contribution in [0.4, 0.5) is 5.95 Å². The fourth-order valence-electron chi connectivity index (χ4n) is 2.71. The highest BCUT2D eigenvalue weighted by Crippen LogP contribution is 2.23. The van der Waals surface area contributed by atoms with Crippen molar-refractivity contribution in [1.29, 1.82) is 0 Å². The van der Waals surface area contributed by atoms with Crippen LogP contribution in [-0.4, -0.2) is 41.3 Å². The van der Waals surface area contributed by atoms with E-state index in [1.807, 2.05) is 12.4 Å². The Balaban J connectivity index is 1.95. The molecule has 0 bridgehead atoms. The van der Waals surface area contributed by atoms with Crippen molar-refractivity contribution in [3.8, 4) is 0 Å². The zero-order valence-corrected chi connectivity index (χ0v) is 13.9. The molecule has 1 saturated heterocycles. The molecule has 0 aromatic carbocycles. The van der Waals surface area contributed by atoms with E-state index in [2.05, 4.69) is 54.8 Å². The standard InChI is InChI=1S/C16H28N4O/c1-12(2)6-17-7-14-8-18-15(19-9-14)20-10-13(3)21-16(4,5)11-20/h8-9,12-13,17H,6-7,10-11H2,1-5H3. The first-order valence-electron chi connectivity index (χ1n) is 7.80. The van der Waals surface area contributed by atoms with Crippen LogP contribution in [0.3, 0.4) is 0 Å². The van der Waals surface area contributed by atoms with Crippen LogP contribution in [0.25, 0.3) is 0 Å². The van der Waals surface area contributed by atoms with Gasteiger partial charge in [-0.2, -0.15) is 0 Å². The monoisotopic (exact) mass is 292 g/mol. The summed E-state index contributed by atoms with van der Waals surface area (Å²) in [6.45, 7) is 14.2. The molecule has 0 aliphatic carbocycles. The molecular formula is C16H28N4O. The number of nitrogens with one attached hydrogen (secondary N) is 1. The summed E-state index contributed by atoms with van der Waals surface area (Å²) in [5.41, 5.74) is 0.971. The van der Waals surface area contributed by atoms with Crippen molar-refractivity contribution in [2.45, 2.75) is 52.9 Å². The molecule has 1 aromatic heterocycles. The first-order chi connectivity index (χ1) is 9.85. The number of morpholine rings is 1. The number of aromatic nitrogens is 2. The van der Waals surface area contributed by atoms with Gasteiger partial charge in [-0.15, -0.1) is 0 Å². The van der Waals surface area contributed by atoms with Crippen LogP contribution in [0.1, 0.15) is 40.2 Å². The van der Waals surface area contributed by atoms with Gasteiger partial charge in [0.2, 0.25) is 5.95 Å². The topological polar surface area (TPSA) is 50.3 Å². The molecule has 0 spiro atoms. The Morgan fingerprint density at radius 1 is 1.38 bits per heavy atom. The number of rotatable bonds is 5. The molecule has 118 valence electrons. The predicted octanol–water partition coefficient (Wildman–Crippen LogP) is 2.23. The van der Waals surface area contributed by atoms with Crippen molar-refractivity contribution in [2.75, 3.05) is 24.5 Å². The first kappa shape index (κ1) is 16.2. The van der Waals surface area contributed by atoms with Gasteiger partial charge >= 0.3 is 0 Å². The van der Waals surface area contributed by atoms with Crippen molar-refractivity contribution in [3.05, 3.63) is 18.0 Å². The summed E-state index contributed by atoms with van der Waals surface area (Å²) in [4.78, 5) is 11.2. The number of anilines is 1. The van der Waals surface area contributed by atoms with Gasteiger partial charge in [0.15, 0.2) is 0 Å². The summed E-state index contributed by atoms with van der Waals surface area (Å²) in [5.74, 6) is 1.45. The fraction of sp³-hybridized carbons (Fsp3) is 0.750. The summed E-state index contributed by atoms with van der Waals surface area (Å²) in [6, 6.07) is 0. The summed E-state index contributed by atoms with van der Waals surface area (Å²) in [7, 11) is 0. The molecule has 0 amide bonds. The fourth-order valence-corrected chi connectivity index (χ4v) is 2.71. The Labute approximate surface area is 128 Å². The van der Waals surface area contributed by atoms with Crippen molar-refractivity contribution in [2.24, 2.45) is 5.92 Å². The third-order valence-electron chi connectivity index (χ3n) is 3.43. The number of hydrogen-bond acceptors (Lipinski definition) is 5. The Kier molecular flexibility index (Phi) is 5.17. The van der Waals surface area contributed by atoms with Crippen molar-refractivity contribution >= 4 is 5.95 Å². The van der Waals surface area contributed by atoms with Crippen LogP contribution in [0, 0.1) is 5.92 Å². The summed E-state index contributed by atoms with van der Waals surface area (Å²) >= 11 is 0. The van der Waals surface area contributed by atoms with Crippen LogP contribution in [-0.2, 0) is 11.3 Å². The summed E-state index contributed by atoms with van der Waals surface area (Å²) < 4.78 is 5.92. The van der Waals surface area contributed by atoms with Crippen LogP contribution in [0.15, 0.2) is 12.4 Å². The molecule has 0 saturated carbocycles. The van der Waals surface area contributed by atoms with E-state index >= 15 is 0 Å². The van der Waals surface area contributed by atoms with Gasteiger partial charge in [-0.3, -0.25) is 0 Å². The predicted molar refractivity (Wildman–Crippen MR) is 85.4 cm³/mol. The lowest BCUT2D eigenvalue weighted by Crippen LogP contribution is -2.52. The lowest BCUT2D eigenvalue weighted by molar-refractivity contribution is -0.0753. The van der Waals surface area contributed by atoms with E-state index < -0.39 is 0 Å². The van der Waals surface area contributed by atoms with Gasteiger partial charge in [-0.1, -0.05) is 13.8 Å². The Hall–Kier alpha value is -1.20. The van der Waals surface area contributed by atoms with E-state index in [1.165, 1.54) is 0 Å². The minimum Gasteiger partial charge on any atom is -0.369 e. The normalized spacial score (nSPS) is 21.8. The molecule has 1 aromatic rings. The average Bonchev–Trinajstić information content (AvgIpc) is 2.36. The quantitative estimate of drug-likeness (QED) is 0.902. The van der Waals surface area contributed by atoms with Gasteiger partial charge in [-0.25, -0.2) is 9.97 Å². The van der Waals surface area contributed by atoms with E-state index in [0.717, 1.165) is 37.7 Å². The van der Waals surface area contributed by atoms with E-state index in [9.17, 15) is 0 Å². The second-order valence-corrected chi connectivity index (χ2v) is 6.98. The van der Waals surface area contributed by atoms with Gasteiger partial charge in [0.25, 0.3) is 0 Å². The van der Waals surface area contributed by atoms with Crippen LogP contribution in [0.2, 0.25) is 0 Å². The van der Waals surface area contributed by atoms with E-state index in [1.54, 1.807) is 0 Å². The summed E-state index contributed by atoms with van der Waals surface area (Å²) in [5, 5.41) is 3.41. The van der Waals surface area contributed by atoms with Crippen LogP contribution < -0.4 is 10.2 Å². The average molecular weight is 292 g/mol. The zero-order chi connectivity index (χ0) is 15.5. The molecule has 2 rings (SSSR count). The van der Waals surface area contributed by atoms with Crippen molar-refractivity contribution in [1.82, 2.24) is 15.3 Å². The molecule has 1 aliphatic rings. The molecule has 21 heavy (non-hydrogen) atoms. The lowest BCUT2D eigenvalue weighted by Gasteiger charge is -2.41. The maximum Gasteiger partial charge on any atom is 0.225 e. The highest BCUT2D eigenvalue weighted by molar-refractivity contribution is 5.32. The third-order valence-corrected chi connectivity index (χ3v) is 3.43. The van der Waals surface area contributed by atoms with Gasteiger partial charge in [0.05, 0.1) is 11.7 Å². The molecule has 0 radical (unpaired) electrons. The Morgan fingerprint density at radius 2 is 2.05 bits per heavy atom. The molecule has 1 fully saturated rings. The second-order valence-electron chi connectivity index (χ2n) is 6.98. The molecule has 5 heteroatoms. The van der Waals surface area contributed by atoms with Gasteiger partial charge in [0, 0.05) is 37.6 Å². The number of ether oxygens (including phenoxy) is 1. The smallest absolute Gasteiger partial charge is 0.225 e. The minimum atomic E-state index is -0.154. The minimum absolute atomic E-state index is 0.154. The van der Waals surface area contributed by atoms with Gasteiger partial charge < -0.3 is 15.0 Å². The molecule has 1 unspecified atom stereocenters. The number of nitrogens with zero attached hydrogens (tertiary/aromatic N) is 3. The van der Waals surface area contributed by atoms with Crippen LogP contribution >= 0.6 is 0 Å². The highest BCUT2D eigenvalue weighted by atomic mass is 16.5. The maximum atomic E-state index is 5.92. The van der Waals surface area contributed by atoms with Gasteiger partial charge in [-0.05, 0) is 33.2 Å². The molecular weight excluding hydrogens is 264 g/mol. The Bertz CT molecular complexity index is 444.